The molecule has 3 N–H and O–H groups in total. The third-order valence-corrected chi connectivity index (χ3v) is 3.00. The summed E-state index contributed by atoms with van der Waals surface area (Å²) < 4.78 is 0. The van der Waals surface area contributed by atoms with Crippen LogP contribution in [0.3, 0.4) is 0 Å². The Morgan fingerprint density at radius 3 is 2.47 bits per heavy atom. The van der Waals surface area contributed by atoms with Gasteiger partial charge in [-0.05, 0) is 24.3 Å². The summed E-state index contributed by atoms with van der Waals surface area (Å²) in [6, 6.07) is 10.7. The summed E-state index contributed by atoms with van der Waals surface area (Å²) in [5, 5.41) is 3.13. The van der Waals surface area contributed by atoms with Crippen LogP contribution in [-0.4, -0.2) is 18.5 Å². The van der Waals surface area contributed by atoms with Crippen LogP contribution in [0.4, 0.5) is 0 Å². The van der Waals surface area contributed by atoms with Gasteiger partial charge in [-0.1, -0.05) is 44.2 Å². The molecule has 0 aliphatic heterocycles. The number of primary amides is 1. The zero-order chi connectivity index (χ0) is 12.9. The molecule has 0 spiro atoms. The maximum absolute atomic E-state index is 10.7. The molecule has 17 heavy (non-hydrogen) atoms. The average Bonchev–Trinajstić information content (AvgIpc) is 2.27. The molecule has 3 nitrogen and oxygen atoms in total. The van der Waals surface area contributed by atoms with Gasteiger partial charge in [-0.25, -0.2) is 0 Å². The fourth-order valence-electron chi connectivity index (χ4n) is 2.12. The summed E-state index contributed by atoms with van der Waals surface area (Å²) in [7, 11) is 0. The molecule has 94 valence electrons. The lowest BCUT2D eigenvalue weighted by Crippen LogP contribution is -2.38. The van der Waals surface area contributed by atoms with Crippen LogP contribution in [-0.2, 0) is 10.2 Å². The highest BCUT2D eigenvalue weighted by molar-refractivity contribution is 5.75. The van der Waals surface area contributed by atoms with Gasteiger partial charge in [0.25, 0.3) is 0 Å². The Bertz CT molecular complexity index is 360. The second-order valence-corrected chi connectivity index (χ2v) is 5.20. The molecule has 3 heteroatoms. The third kappa shape index (κ3) is 4.57. The van der Waals surface area contributed by atoms with Gasteiger partial charge < -0.3 is 11.1 Å². The van der Waals surface area contributed by atoms with Crippen LogP contribution in [0.2, 0.25) is 0 Å². The number of hydrogen-bond acceptors (Lipinski definition) is 2. The molecule has 0 heterocycles. The smallest absolute Gasteiger partial charge is 0.231 e. The number of rotatable bonds is 6. The first-order valence-electron chi connectivity index (χ1n) is 5.99. The molecule has 1 unspecified atom stereocenters. The van der Waals surface area contributed by atoms with Gasteiger partial charge in [0.05, 0.1) is 6.54 Å². The predicted molar refractivity (Wildman–Crippen MR) is 70.7 cm³/mol. The van der Waals surface area contributed by atoms with Crippen molar-refractivity contribution in [2.45, 2.75) is 38.6 Å². The Morgan fingerprint density at radius 2 is 1.94 bits per heavy atom. The van der Waals surface area contributed by atoms with E-state index >= 15 is 0 Å². The molecular weight excluding hydrogens is 212 g/mol. The Kier molecular flexibility index (Phi) is 4.70. The maximum atomic E-state index is 10.7. The normalized spacial score (nSPS) is 13.4. The van der Waals surface area contributed by atoms with Crippen LogP contribution in [0.15, 0.2) is 30.3 Å². The van der Waals surface area contributed by atoms with Gasteiger partial charge in [0, 0.05) is 6.04 Å². The molecule has 0 radical (unpaired) electrons. The standard InChI is InChI=1S/C14H22N2O/c1-11(16-10-13(15)17)9-14(2,3)12-7-5-4-6-8-12/h4-8,11,16H,9-10H2,1-3H3,(H2,15,17). The molecule has 0 aliphatic carbocycles. The molecule has 1 aromatic carbocycles. The number of hydrogen-bond donors (Lipinski definition) is 2. The van der Waals surface area contributed by atoms with E-state index in [2.05, 4.69) is 50.4 Å². The number of benzene rings is 1. The summed E-state index contributed by atoms with van der Waals surface area (Å²) >= 11 is 0. The van der Waals surface area contributed by atoms with E-state index in [1.54, 1.807) is 0 Å². The highest BCUT2D eigenvalue weighted by atomic mass is 16.1. The van der Waals surface area contributed by atoms with Crippen LogP contribution in [0.25, 0.3) is 0 Å². The van der Waals surface area contributed by atoms with Gasteiger partial charge in [-0.2, -0.15) is 0 Å². The summed E-state index contributed by atoms with van der Waals surface area (Å²) in [4.78, 5) is 10.7. The second-order valence-electron chi connectivity index (χ2n) is 5.20. The van der Waals surface area contributed by atoms with E-state index in [0.717, 1.165) is 6.42 Å². The SMILES string of the molecule is CC(CC(C)(C)c1ccccc1)NCC(N)=O. The summed E-state index contributed by atoms with van der Waals surface area (Å²) in [5.41, 5.74) is 6.52. The summed E-state index contributed by atoms with van der Waals surface area (Å²) in [6.07, 6.45) is 0.963. The Morgan fingerprint density at radius 1 is 1.35 bits per heavy atom. The van der Waals surface area contributed by atoms with Crippen molar-refractivity contribution in [2.24, 2.45) is 5.73 Å². The molecule has 0 aromatic heterocycles. The molecular formula is C14H22N2O. The highest BCUT2D eigenvalue weighted by Crippen LogP contribution is 2.27. The number of nitrogens with one attached hydrogen (secondary N) is 1. The van der Waals surface area contributed by atoms with Crippen molar-refractivity contribution >= 4 is 5.91 Å². The van der Waals surface area contributed by atoms with Gasteiger partial charge >= 0.3 is 0 Å². The van der Waals surface area contributed by atoms with E-state index in [4.69, 9.17) is 5.73 Å². The Balaban J connectivity index is 2.57. The lowest BCUT2D eigenvalue weighted by atomic mass is 9.79. The predicted octanol–water partition coefficient (Wildman–Crippen LogP) is 1.82. The molecule has 1 rings (SSSR count). The molecule has 1 amide bonds. The van der Waals surface area contributed by atoms with Gasteiger partial charge in [0.15, 0.2) is 0 Å². The molecule has 0 fully saturated rings. The van der Waals surface area contributed by atoms with Crippen molar-refractivity contribution in [3.05, 3.63) is 35.9 Å². The van der Waals surface area contributed by atoms with E-state index in [9.17, 15) is 4.79 Å². The van der Waals surface area contributed by atoms with E-state index in [1.165, 1.54) is 5.56 Å². The van der Waals surface area contributed by atoms with Crippen LogP contribution in [0.1, 0.15) is 32.8 Å². The zero-order valence-electron chi connectivity index (χ0n) is 10.9. The van der Waals surface area contributed by atoms with E-state index in [0.29, 0.717) is 0 Å². The van der Waals surface area contributed by atoms with Crippen LogP contribution >= 0.6 is 0 Å². The van der Waals surface area contributed by atoms with Gasteiger partial charge in [-0.15, -0.1) is 0 Å². The molecule has 0 bridgehead atoms. The number of carbonyl (C=O) groups excluding carboxylic acids is 1. The minimum absolute atomic E-state index is 0.0886. The average molecular weight is 234 g/mol. The monoisotopic (exact) mass is 234 g/mol. The van der Waals surface area contributed by atoms with Crippen molar-refractivity contribution in [1.29, 1.82) is 0 Å². The number of amides is 1. The van der Waals surface area contributed by atoms with Gasteiger partial charge in [0.2, 0.25) is 5.91 Å². The molecule has 0 saturated carbocycles. The number of nitrogens with two attached hydrogens (primary N) is 1. The van der Waals surface area contributed by atoms with Crippen molar-refractivity contribution in [1.82, 2.24) is 5.32 Å². The first-order valence-corrected chi connectivity index (χ1v) is 5.99. The zero-order valence-corrected chi connectivity index (χ0v) is 10.9. The second kappa shape index (κ2) is 5.82. The van der Waals surface area contributed by atoms with Crippen molar-refractivity contribution in [3.8, 4) is 0 Å². The maximum Gasteiger partial charge on any atom is 0.231 e. The minimum Gasteiger partial charge on any atom is -0.369 e. The van der Waals surface area contributed by atoms with Gasteiger partial charge in [0.1, 0.15) is 0 Å². The van der Waals surface area contributed by atoms with E-state index < -0.39 is 0 Å². The first-order chi connectivity index (χ1) is 7.92. The molecule has 0 aliphatic rings. The topological polar surface area (TPSA) is 55.1 Å². The van der Waals surface area contributed by atoms with Crippen LogP contribution < -0.4 is 11.1 Å². The highest BCUT2D eigenvalue weighted by Gasteiger charge is 2.22. The first kappa shape index (κ1) is 13.7. The fourth-order valence-corrected chi connectivity index (χ4v) is 2.12. The van der Waals surface area contributed by atoms with Gasteiger partial charge in [-0.3, -0.25) is 4.79 Å². The van der Waals surface area contributed by atoms with E-state index in [-0.39, 0.29) is 23.9 Å². The quantitative estimate of drug-likeness (QED) is 0.789. The molecule has 1 atom stereocenters. The lowest BCUT2D eigenvalue weighted by molar-refractivity contribution is -0.117. The summed E-state index contributed by atoms with van der Waals surface area (Å²) in [5.74, 6) is -0.311. The Labute approximate surface area is 103 Å². The largest absolute Gasteiger partial charge is 0.369 e. The van der Waals surface area contributed by atoms with Crippen LogP contribution in [0.5, 0.6) is 0 Å². The third-order valence-electron chi connectivity index (χ3n) is 3.00. The van der Waals surface area contributed by atoms with Crippen molar-refractivity contribution < 1.29 is 4.79 Å². The van der Waals surface area contributed by atoms with Crippen LogP contribution in [0, 0.1) is 0 Å². The fraction of sp³-hybridized carbons (Fsp3) is 0.500. The molecule has 1 aromatic rings. The van der Waals surface area contributed by atoms with E-state index in [1.807, 2.05) is 6.07 Å². The van der Waals surface area contributed by atoms with Crippen molar-refractivity contribution in [3.63, 3.8) is 0 Å². The minimum atomic E-state index is -0.311. The number of carbonyl (C=O) groups is 1. The molecule has 0 saturated heterocycles. The lowest BCUT2D eigenvalue weighted by Gasteiger charge is -2.29. The summed E-state index contributed by atoms with van der Waals surface area (Å²) in [6.45, 7) is 6.75. The van der Waals surface area contributed by atoms with Crippen molar-refractivity contribution in [2.75, 3.05) is 6.54 Å². The Hall–Kier alpha value is -1.35.